The standard InChI is InChI=1S/C24H32N4O4/c1-14(2)17-11-21(32-6)20(31-5)9-15(17)12-24(13-27-23(26)28-22(24)25)18-8-7-16(29-3)10-19(18)30-4/h7-11,13-14,23H,12,26H2,1-6H3,(H2,25,28). The van der Waals surface area contributed by atoms with Gasteiger partial charge in [0.2, 0.25) is 0 Å². The fraction of sp³-hybridized carbons (Fsp3) is 0.417. The number of hydrogen-bond acceptors (Lipinski definition) is 8. The summed E-state index contributed by atoms with van der Waals surface area (Å²) >= 11 is 0. The van der Waals surface area contributed by atoms with Crippen LogP contribution in [0.2, 0.25) is 0 Å². The summed E-state index contributed by atoms with van der Waals surface area (Å²) in [5.41, 5.74) is 14.6. The molecule has 2 aromatic carbocycles. The van der Waals surface area contributed by atoms with Crippen molar-refractivity contribution < 1.29 is 18.9 Å². The summed E-state index contributed by atoms with van der Waals surface area (Å²) in [5, 5.41) is 0. The molecular formula is C24H32N4O4. The Hall–Kier alpha value is -3.26. The van der Waals surface area contributed by atoms with E-state index in [4.69, 9.17) is 30.4 Å². The van der Waals surface area contributed by atoms with Crippen molar-refractivity contribution in [1.29, 1.82) is 0 Å². The molecule has 0 radical (unpaired) electrons. The third-order valence-corrected chi connectivity index (χ3v) is 5.80. The number of nitrogens with two attached hydrogens (primary N) is 2. The molecule has 0 aliphatic carbocycles. The highest BCUT2D eigenvalue weighted by Crippen LogP contribution is 2.41. The molecule has 1 aliphatic rings. The van der Waals surface area contributed by atoms with Crippen molar-refractivity contribution in [2.45, 2.75) is 37.9 Å². The van der Waals surface area contributed by atoms with E-state index in [9.17, 15) is 0 Å². The number of methoxy groups -OCH3 is 4. The van der Waals surface area contributed by atoms with E-state index in [-0.39, 0.29) is 5.92 Å². The molecule has 8 nitrogen and oxygen atoms in total. The molecule has 2 unspecified atom stereocenters. The number of nitrogens with zero attached hydrogens (tertiary/aromatic N) is 2. The zero-order valence-corrected chi connectivity index (χ0v) is 19.5. The average molecular weight is 441 g/mol. The second-order valence-electron chi connectivity index (χ2n) is 7.98. The molecule has 2 aromatic rings. The van der Waals surface area contributed by atoms with Crippen molar-refractivity contribution in [3.05, 3.63) is 47.0 Å². The summed E-state index contributed by atoms with van der Waals surface area (Å²) in [6, 6.07) is 9.62. The predicted octanol–water partition coefficient (Wildman–Crippen LogP) is 3.01. The van der Waals surface area contributed by atoms with Gasteiger partial charge < -0.3 is 24.7 Å². The number of rotatable bonds is 8. The van der Waals surface area contributed by atoms with Crippen LogP contribution in [-0.4, -0.2) is 46.8 Å². The zero-order chi connectivity index (χ0) is 23.5. The van der Waals surface area contributed by atoms with E-state index in [1.54, 1.807) is 34.7 Å². The first kappa shape index (κ1) is 23.4. The van der Waals surface area contributed by atoms with Gasteiger partial charge in [-0.1, -0.05) is 19.9 Å². The van der Waals surface area contributed by atoms with E-state index in [1.807, 2.05) is 30.3 Å². The van der Waals surface area contributed by atoms with Crippen molar-refractivity contribution in [2.24, 2.45) is 21.5 Å². The van der Waals surface area contributed by atoms with Gasteiger partial charge in [0, 0.05) is 17.8 Å². The van der Waals surface area contributed by atoms with Gasteiger partial charge in [-0.3, -0.25) is 10.7 Å². The number of amidine groups is 1. The molecule has 172 valence electrons. The highest BCUT2D eigenvalue weighted by molar-refractivity contribution is 6.09. The molecule has 0 aromatic heterocycles. The summed E-state index contributed by atoms with van der Waals surface area (Å²) in [6.07, 6.45) is 1.53. The number of ether oxygens (including phenoxy) is 4. The van der Waals surface area contributed by atoms with Crippen LogP contribution in [0.15, 0.2) is 40.3 Å². The summed E-state index contributed by atoms with van der Waals surface area (Å²) in [4.78, 5) is 8.83. The van der Waals surface area contributed by atoms with Gasteiger partial charge in [-0.15, -0.1) is 0 Å². The van der Waals surface area contributed by atoms with Crippen molar-refractivity contribution in [2.75, 3.05) is 28.4 Å². The maximum Gasteiger partial charge on any atom is 0.192 e. The molecule has 0 amide bonds. The second-order valence-corrected chi connectivity index (χ2v) is 7.98. The lowest BCUT2D eigenvalue weighted by atomic mass is 9.73. The van der Waals surface area contributed by atoms with Crippen LogP contribution in [-0.2, 0) is 11.8 Å². The molecule has 0 bridgehead atoms. The Morgan fingerprint density at radius 1 is 0.938 bits per heavy atom. The molecule has 0 saturated heterocycles. The lowest BCUT2D eigenvalue weighted by Crippen LogP contribution is -2.49. The first-order valence-electron chi connectivity index (χ1n) is 10.4. The van der Waals surface area contributed by atoms with Crippen molar-refractivity contribution in [3.8, 4) is 23.0 Å². The minimum atomic E-state index is -0.864. The monoisotopic (exact) mass is 440 g/mol. The van der Waals surface area contributed by atoms with Crippen LogP contribution < -0.4 is 30.4 Å². The van der Waals surface area contributed by atoms with E-state index in [0.717, 1.165) is 16.7 Å². The van der Waals surface area contributed by atoms with Gasteiger partial charge in [-0.2, -0.15) is 0 Å². The topological polar surface area (TPSA) is 114 Å². The van der Waals surface area contributed by atoms with Gasteiger partial charge in [-0.05, 0) is 41.7 Å². The fourth-order valence-electron chi connectivity index (χ4n) is 4.09. The quantitative estimate of drug-likeness (QED) is 0.652. The molecule has 0 fully saturated rings. The summed E-state index contributed by atoms with van der Waals surface area (Å²) in [7, 11) is 6.47. The van der Waals surface area contributed by atoms with Crippen molar-refractivity contribution in [3.63, 3.8) is 0 Å². The Bertz CT molecular complexity index is 1030. The van der Waals surface area contributed by atoms with Gasteiger partial charge in [0.05, 0.1) is 33.9 Å². The van der Waals surface area contributed by atoms with E-state index < -0.39 is 11.7 Å². The van der Waals surface area contributed by atoms with Crippen LogP contribution in [0.25, 0.3) is 0 Å². The van der Waals surface area contributed by atoms with Gasteiger partial charge in [0.15, 0.2) is 17.8 Å². The van der Waals surface area contributed by atoms with Gasteiger partial charge in [0.25, 0.3) is 0 Å². The molecule has 32 heavy (non-hydrogen) atoms. The molecule has 2 atom stereocenters. The minimum absolute atomic E-state index is 0.237. The van der Waals surface area contributed by atoms with Crippen LogP contribution in [0.1, 0.15) is 36.5 Å². The fourth-order valence-corrected chi connectivity index (χ4v) is 4.09. The minimum Gasteiger partial charge on any atom is -0.497 e. The van der Waals surface area contributed by atoms with E-state index in [2.05, 4.69) is 23.8 Å². The summed E-state index contributed by atoms with van der Waals surface area (Å²) in [6.45, 7) is 4.27. The Labute approximate surface area is 189 Å². The molecule has 0 spiro atoms. The van der Waals surface area contributed by atoms with E-state index >= 15 is 0 Å². The SMILES string of the molecule is COc1ccc(C2(Cc3cc(OC)c(OC)cc3C(C)C)C=NC(N)N=C2N)c(OC)c1. The lowest BCUT2D eigenvalue weighted by molar-refractivity contribution is 0.353. The Kier molecular flexibility index (Phi) is 6.93. The van der Waals surface area contributed by atoms with Gasteiger partial charge in [0.1, 0.15) is 17.3 Å². The van der Waals surface area contributed by atoms with Crippen LogP contribution in [0.4, 0.5) is 0 Å². The lowest BCUT2D eigenvalue weighted by Gasteiger charge is -2.35. The Balaban J connectivity index is 2.25. The average Bonchev–Trinajstić information content (AvgIpc) is 2.80. The maximum absolute atomic E-state index is 6.57. The van der Waals surface area contributed by atoms with Crippen LogP contribution >= 0.6 is 0 Å². The van der Waals surface area contributed by atoms with E-state index in [0.29, 0.717) is 35.3 Å². The molecule has 3 rings (SSSR count). The van der Waals surface area contributed by atoms with Crippen LogP contribution in [0, 0.1) is 0 Å². The van der Waals surface area contributed by atoms with Gasteiger partial charge in [-0.25, -0.2) is 4.99 Å². The highest BCUT2D eigenvalue weighted by atomic mass is 16.5. The summed E-state index contributed by atoms with van der Waals surface area (Å²) < 4.78 is 22.2. The summed E-state index contributed by atoms with van der Waals surface area (Å²) in [5.74, 6) is 3.22. The third kappa shape index (κ3) is 4.23. The molecule has 1 heterocycles. The maximum atomic E-state index is 6.57. The molecule has 4 N–H and O–H groups in total. The van der Waals surface area contributed by atoms with Crippen molar-refractivity contribution in [1.82, 2.24) is 0 Å². The van der Waals surface area contributed by atoms with E-state index in [1.165, 1.54) is 0 Å². The zero-order valence-electron chi connectivity index (χ0n) is 19.5. The molecule has 8 heteroatoms. The Morgan fingerprint density at radius 2 is 1.59 bits per heavy atom. The highest BCUT2D eigenvalue weighted by Gasteiger charge is 2.41. The smallest absolute Gasteiger partial charge is 0.192 e. The molecule has 0 saturated carbocycles. The largest absolute Gasteiger partial charge is 0.497 e. The second kappa shape index (κ2) is 9.48. The molecule has 1 aliphatic heterocycles. The first-order valence-corrected chi connectivity index (χ1v) is 10.4. The Morgan fingerprint density at radius 3 is 2.16 bits per heavy atom. The van der Waals surface area contributed by atoms with Gasteiger partial charge >= 0.3 is 0 Å². The van der Waals surface area contributed by atoms with Crippen LogP contribution in [0.5, 0.6) is 23.0 Å². The normalized spacial score (nSPS) is 20.1. The molecular weight excluding hydrogens is 408 g/mol. The van der Waals surface area contributed by atoms with Crippen molar-refractivity contribution >= 4 is 12.1 Å². The predicted molar refractivity (Wildman–Crippen MR) is 127 cm³/mol. The number of benzene rings is 2. The third-order valence-electron chi connectivity index (χ3n) is 5.80. The van der Waals surface area contributed by atoms with Crippen LogP contribution in [0.3, 0.4) is 0 Å². The number of aliphatic imine (C=N–C) groups is 2. The number of hydrogen-bond donors (Lipinski definition) is 2. The first-order chi connectivity index (χ1) is 15.3.